The van der Waals surface area contributed by atoms with E-state index in [1.165, 1.54) is 88.6 Å². The summed E-state index contributed by atoms with van der Waals surface area (Å²) in [4.78, 5) is 2.54. The Balaban J connectivity index is 1.33. The number of fused-ring (bicyclic) bond motifs is 13. The first-order valence-corrected chi connectivity index (χ1v) is 19.5. The number of para-hydroxylation sites is 4. The minimum Gasteiger partial charge on any atom is -0.311 e. The number of rotatable bonds is 2. The highest BCUT2D eigenvalue weighted by atomic mass is 15.2. The van der Waals surface area contributed by atoms with Crippen LogP contribution < -0.4 is 21.3 Å². The largest absolute Gasteiger partial charge is 0.311 e. The van der Waals surface area contributed by atoms with Crippen molar-refractivity contribution in [1.82, 2.24) is 4.57 Å². The topological polar surface area (TPSA) is 8.17 Å². The summed E-state index contributed by atoms with van der Waals surface area (Å²) in [6.45, 7) is 4.88. The van der Waals surface area contributed by atoms with E-state index in [4.69, 9.17) is 0 Å². The molecule has 3 heterocycles. The molecule has 9 aromatic rings. The van der Waals surface area contributed by atoms with Crippen LogP contribution in [0, 0.1) is 0 Å². The number of benzene rings is 8. The Labute approximate surface area is 322 Å². The molecule has 0 atom stereocenters. The highest BCUT2D eigenvalue weighted by Crippen LogP contribution is 2.57. The van der Waals surface area contributed by atoms with Crippen LogP contribution in [-0.4, -0.2) is 11.3 Å². The molecular weight excluding hydrogens is 663 g/mol. The van der Waals surface area contributed by atoms with Gasteiger partial charge in [-0.3, -0.25) is 0 Å². The van der Waals surface area contributed by atoms with Crippen LogP contribution in [0.25, 0.3) is 27.5 Å². The van der Waals surface area contributed by atoms with Crippen molar-refractivity contribution in [1.29, 1.82) is 0 Å². The van der Waals surface area contributed by atoms with Gasteiger partial charge in [-0.15, -0.1) is 0 Å². The van der Waals surface area contributed by atoms with Crippen LogP contribution >= 0.6 is 0 Å². The lowest BCUT2D eigenvalue weighted by molar-refractivity contribution is 0.560. The number of hydrogen-bond donors (Lipinski definition) is 0. The van der Waals surface area contributed by atoms with Crippen LogP contribution in [0.4, 0.5) is 17.1 Å². The number of nitrogens with zero attached hydrogens (tertiary/aromatic N) is 2. The second-order valence-electron chi connectivity index (χ2n) is 16.0. The maximum atomic E-state index is 2.57. The molecule has 0 N–H and O–H groups in total. The molecule has 8 aromatic carbocycles. The van der Waals surface area contributed by atoms with Gasteiger partial charge in [-0.2, -0.15) is 0 Å². The van der Waals surface area contributed by atoms with E-state index in [1.54, 1.807) is 0 Å². The third kappa shape index (κ3) is 3.85. The Morgan fingerprint density at radius 3 is 1.56 bits per heavy atom. The third-order valence-electron chi connectivity index (χ3n) is 13.1. The highest BCUT2D eigenvalue weighted by molar-refractivity contribution is 6.99. The van der Waals surface area contributed by atoms with Crippen molar-refractivity contribution in [2.45, 2.75) is 24.7 Å². The van der Waals surface area contributed by atoms with Crippen molar-refractivity contribution >= 4 is 62.0 Å². The molecule has 3 heteroatoms. The molecule has 0 fully saturated rings. The van der Waals surface area contributed by atoms with Crippen LogP contribution in [0.1, 0.15) is 47.2 Å². The quantitative estimate of drug-likeness (QED) is 0.163. The van der Waals surface area contributed by atoms with Gasteiger partial charge in [0.05, 0.1) is 16.4 Å². The average molecular weight is 701 g/mol. The van der Waals surface area contributed by atoms with Crippen molar-refractivity contribution in [3.05, 3.63) is 221 Å². The van der Waals surface area contributed by atoms with E-state index in [1.807, 2.05) is 0 Å². The van der Waals surface area contributed by atoms with Crippen molar-refractivity contribution in [3.63, 3.8) is 0 Å². The third-order valence-corrected chi connectivity index (χ3v) is 13.1. The summed E-state index contributed by atoms with van der Waals surface area (Å²) < 4.78 is 2.51. The van der Waals surface area contributed by atoms with Gasteiger partial charge in [0.2, 0.25) is 6.71 Å². The first-order valence-electron chi connectivity index (χ1n) is 19.5. The molecule has 0 radical (unpaired) electrons. The zero-order valence-electron chi connectivity index (χ0n) is 30.9. The van der Waals surface area contributed by atoms with Gasteiger partial charge < -0.3 is 9.47 Å². The van der Waals surface area contributed by atoms with Crippen molar-refractivity contribution in [2.24, 2.45) is 0 Å². The Morgan fingerprint density at radius 1 is 0.400 bits per heavy atom. The minimum absolute atomic E-state index is 0.0597. The van der Waals surface area contributed by atoms with Crippen molar-refractivity contribution in [2.75, 3.05) is 4.90 Å². The second kappa shape index (κ2) is 11.0. The van der Waals surface area contributed by atoms with E-state index in [9.17, 15) is 0 Å². The summed E-state index contributed by atoms with van der Waals surface area (Å²) in [6.07, 6.45) is 0. The SMILES string of the molecule is CC1(C)c2ccccc2C2(c3ccccc3B3c4ccccc4N(c4ccccc4)c4cc(-n5c6ccccc6c6ccccc65)cc2c43)c2ccccc21. The molecule has 258 valence electrons. The zero-order valence-corrected chi connectivity index (χ0v) is 30.9. The molecule has 2 aliphatic heterocycles. The maximum absolute atomic E-state index is 2.57. The lowest BCUT2D eigenvalue weighted by Crippen LogP contribution is -2.66. The summed E-state index contributed by atoms with van der Waals surface area (Å²) in [5.74, 6) is 0. The first-order chi connectivity index (χ1) is 27.1. The maximum Gasteiger partial charge on any atom is 0.247 e. The molecule has 1 aromatic heterocycles. The van der Waals surface area contributed by atoms with E-state index in [0.29, 0.717) is 0 Å². The fraction of sp³-hybridized carbons (Fsp3) is 0.0769. The molecule has 55 heavy (non-hydrogen) atoms. The summed E-state index contributed by atoms with van der Waals surface area (Å²) in [5.41, 5.74) is 18.8. The van der Waals surface area contributed by atoms with Crippen LogP contribution in [0.15, 0.2) is 188 Å². The fourth-order valence-corrected chi connectivity index (χ4v) is 11.0. The van der Waals surface area contributed by atoms with E-state index in [2.05, 4.69) is 211 Å². The van der Waals surface area contributed by atoms with Gasteiger partial charge in [-0.05, 0) is 86.8 Å². The predicted molar refractivity (Wildman–Crippen MR) is 231 cm³/mol. The van der Waals surface area contributed by atoms with Crippen molar-refractivity contribution < 1.29 is 0 Å². The van der Waals surface area contributed by atoms with Gasteiger partial charge in [-0.25, -0.2) is 0 Å². The Bertz CT molecular complexity index is 2940. The minimum atomic E-state index is -0.566. The van der Waals surface area contributed by atoms with Crippen LogP contribution in [0.3, 0.4) is 0 Å². The van der Waals surface area contributed by atoms with E-state index < -0.39 is 5.41 Å². The lowest BCUT2D eigenvalue weighted by atomic mass is 9.28. The predicted octanol–water partition coefficient (Wildman–Crippen LogP) is 10.4. The number of hydrogen-bond acceptors (Lipinski definition) is 1. The van der Waals surface area contributed by atoms with Crippen LogP contribution in [-0.2, 0) is 10.8 Å². The normalized spacial score (nSPS) is 15.3. The monoisotopic (exact) mass is 700 g/mol. The Kier molecular flexibility index (Phi) is 6.16. The van der Waals surface area contributed by atoms with Gasteiger partial charge in [0, 0.05) is 38.9 Å². The van der Waals surface area contributed by atoms with Gasteiger partial charge in [0.1, 0.15) is 0 Å². The first kappa shape index (κ1) is 30.8. The molecule has 1 aliphatic carbocycles. The van der Waals surface area contributed by atoms with Gasteiger partial charge in [0.15, 0.2) is 0 Å². The van der Waals surface area contributed by atoms with E-state index >= 15 is 0 Å². The molecule has 2 nitrogen and oxygen atoms in total. The molecule has 0 amide bonds. The smallest absolute Gasteiger partial charge is 0.247 e. The lowest BCUT2D eigenvalue weighted by Gasteiger charge is -2.53. The molecule has 0 saturated heterocycles. The van der Waals surface area contributed by atoms with Crippen molar-refractivity contribution in [3.8, 4) is 5.69 Å². The summed E-state index contributed by atoms with van der Waals surface area (Å²) in [5, 5.41) is 2.53. The summed E-state index contributed by atoms with van der Waals surface area (Å²) >= 11 is 0. The van der Waals surface area contributed by atoms with Crippen LogP contribution in [0.5, 0.6) is 0 Å². The fourth-order valence-electron chi connectivity index (χ4n) is 11.0. The van der Waals surface area contributed by atoms with Gasteiger partial charge in [0.25, 0.3) is 0 Å². The molecule has 0 bridgehead atoms. The standard InChI is InChI=1S/C52H37BN2/c1-51(2)38-22-8-10-24-40(38)52(41-25-11-9-23-39(41)51)42-26-12-13-27-44(42)53-45-28-14-17-31-48(45)54(34-18-4-3-5-19-34)49-33-35(32-43(52)50(49)53)55-46-29-15-6-20-36(46)37-21-7-16-30-47(37)55/h3-33H,1-2H3. The van der Waals surface area contributed by atoms with Crippen LogP contribution in [0.2, 0.25) is 0 Å². The molecular formula is C52H37BN2. The summed E-state index contributed by atoms with van der Waals surface area (Å²) in [6, 6.07) is 70.9. The molecule has 3 aliphatic rings. The van der Waals surface area contributed by atoms with E-state index in [0.717, 1.165) is 5.69 Å². The Hall–Kier alpha value is -6.58. The number of anilines is 3. The molecule has 0 unspecified atom stereocenters. The van der Waals surface area contributed by atoms with Gasteiger partial charge in [-0.1, -0.05) is 165 Å². The van der Waals surface area contributed by atoms with E-state index in [-0.39, 0.29) is 12.1 Å². The molecule has 1 spiro atoms. The second-order valence-corrected chi connectivity index (χ2v) is 16.0. The van der Waals surface area contributed by atoms with Gasteiger partial charge >= 0.3 is 0 Å². The molecule has 0 saturated carbocycles. The average Bonchev–Trinajstić information content (AvgIpc) is 3.58. The highest BCUT2D eigenvalue weighted by Gasteiger charge is 2.56. The zero-order chi connectivity index (χ0) is 36.5. The Morgan fingerprint density at radius 2 is 0.909 bits per heavy atom. The molecule has 12 rings (SSSR count). The number of aromatic nitrogens is 1. The summed E-state index contributed by atoms with van der Waals surface area (Å²) in [7, 11) is 0.